The number of benzene rings is 3. The Bertz CT molecular complexity index is 1900. The number of rotatable bonds is 5. The van der Waals surface area contributed by atoms with Crippen LogP contribution in [0.5, 0.6) is 11.5 Å². The molecule has 39 heavy (non-hydrogen) atoms. The Morgan fingerprint density at radius 1 is 0.769 bits per heavy atom. The van der Waals surface area contributed by atoms with E-state index in [4.69, 9.17) is 13.6 Å². The number of hydrogen-bond donors (Lipinski definition) is 0. The fourth-order valence-corrected chi connectivity index (χ4v) is 4.09. The number of carbonyl (C=O) groups excluding carboxylic acids is 1. The SMILES string of the molecule is O=C(COc1c(F)c(F)c(F)c(F)c1F)Oc1ccc2c(-c3cc4cc(Br)ccc4oc3=O)cc(=O)oc2c1. The number of carbonyl (C=O) groups is 1. The highest BCUT2D eigenvalue weighted by atomic mass is 79.9. The zero-order chi connectivity index (χ0) is 28.0. The van der Waals surface area contributed by atoms with Crippen molar-refractivity contribution in [2.45, 2.75) is 0 Å². The summed E-state index contributed by atoms with van der Waals surface area (Å²) in [6.45, 7) is -1.23. The van der Waals surface area contributed by atoms with Crippen LogP contribution in [0.1, 0.15) is 0 Å². The third-order valence-electron chi connectivity index (χ3n) is 5.44. The lowest BCUT2D eigenvalue weighted by molar-refractivity contribution is -0.136. The van der Waals surface area contributed by atoms with E-state index in [2.05, 4.69) is 20.7 Å². The van der Waals surface area contributed by atoms with Gasteiger partial charge in [-0.05, 0) is 36.4 Å². The van der Waals surface area contributed by atoms with Gasteiger partial charge < -0.3 is 18.3 Å². The van der Waals surface area contributed by atoms with Gasteiger partial charge in [-0.3, -0.25) is 0 Å². The first kappa shape index (κ1) is 26.1. The van der Waals surface area contributed by atoms with E-state index in [1.807, 2.05) is 0 Å². The molecule has 0 bridgehead atoms. The van der Waals surface area contributed by atoms with Crippen LogP contribution in [0.2, 0.25) is 0 Å². The predicted octanol–water partition coefficient (Wildman–Crippen LogP) is 6.01. The van der Waals surface area contributed by atoms with Crippen molar-refractivity contribution in [3.05, 3.63) is 103 Å². The molecule has 0 aliphatic rings. The van der Waals surface area contributed by atoms with Crippen molar-refractivity contribution in [3.8, 4) is 22.6 Å². The second kappa shape index (κ2) is 9.98. The maximum absolute atomic E-state index is 13.7. The summed E-state index contributed by atoms with van der Waals surface area (Å²) in [6, 6.07) is 11.4. The molecule has 0 spiro atoms. The minimum atomic E-state index is -2.38. The second-order valence-electron chi connectivity index (χ2n) is 7.93. The van der Waals surface area contributed by atoms with Crippen molar-refractivity contribution < 1.29 is 45.1 Å². The highest BCUT2D eigenvalue weighted by Gasteiger charge is 2.27. The zero-order valence-electron chi connectivity index (χ0n) is 19.0. The van der Waals surface area contributed by atoms with Gasteiger partial charge in [-0.15, -0.1) is 0 Å². The molecule has 0 amide bonds. The number of halogens is 6. The van der Waals surface area contributed by atoms with E-state index in [-0.39, 0.29) is 27.8 Å². The maximum Gasteiger partial charge on any atom is 0.349 e. The van der Waals surface area contributed by atoms with Gasteiger partial charge in [0.1, 0.15) is 16.9 Å². The van der Waals surface area contributed by atoms with Crippen LogP contribution in [0.3, 0.4) is 0 Å². The van der Waals surface area contributed by atoms with Crippen LogP contribution in [0, 0.1) is 29.1 Å². The van der Waals surface area contributed by atoms with Crippen LogP contribution < -0.4 is 20.7 Å². The summed E-state index contributed by atoms with van der Waals surface area (Å²) >= 11 is 3.33. The molecule has 2 aromatic heterocycles. The quantitative estimate of drug-likeness (QED) is 0.0602. The molecule has 198 valence electrons. The topological polar surface area (TPSA) is 96.0 Å². The predicted molar refractivity (Wildman–Crippen MR) is 129 cm³/mol. The Labute approximate surface area is 221 Å². The maximum atomic E-state index is 13.7. The molecule has 0 aliphatic carbocycles. The zero-order valence-corrected chi connectivity index (χ0v) is 20.5. The second-order valence-corrected chi connectivity index (χ2v) is 8.84. The first-order valence-electron chi connectivity index (χ1n) is 10.7. The molecule has 0 unspecified atom stereocenters. The van der Waals surface area contributed by atoms with Gasteiger partial charge in [0.05, 0.1) is 5.56 Å². The van der Waals surface area contributed by atoms with Gasteiger partial charge in [-0.25, -0.2) is 27.6 Å². The highest BCUT2D eigenvalue weighted by molar-refractivity contribution is 9.10. The molecule has 0 aliphatic heterocycles. The van der Waals surface area contributed by atoms with Gasteiger partial charge >= 0.3 is 17.2 Å². The summed E-state index contributed by atoms with van der Waals surface area (Å²) in [5.74, 6) is -14.5. The van der Waals surface area contributed by atoms with E-state index in [0.29, 0.717) is 11.0 Å². The molecule has 0 atom stereocenters. The minimum absolute atomic E-state index is 0.0551. The van der Waals surface area contributed by atoms with Crippen LogP contribution in [0.4, 0.5) is 22.0 Å². The lowest BCUT2D eigenvalue weighted by Gasteiger charge is -2.11. The fourth-order valence-electron chi connectivity index (χ4n) is 3.71. The third-order valence-corrected chi connectivity index (χ3v) is 5.93. The van der Waals surface area contributed by atoms with Crippen molar-refractivity contribution in [2.24, 2.45) is 0 Å². The summed E-state index contributed by atoms with van der Waals surface area (Å²) in [5, 5.41) is 0.841. The molecule has 5 aromatic rings. The van der Waals surface area contributed by atoms with Crippen LogP contribution in [0.15, 0.2) is 71.4 Å². The molecular formula is C26H10BrF5O7. The van der Waals surface area contributed by atoms with Gasteiger partial charge in [0.2, 0.25) is 29.1 Å². The standard InChI is InChI=1S/C26H10BrF5O7/c27-11-1-4-16-10(5-11)6-15(26(35)39-16)14-8-18(33)38-17-7-12(2-3-13(14)17)37-19(34)9-36-25-23(31)21(29)20(28)22(30)24(25)32/h1-8H,9H2. The van der Waals surface area contributed by atoms with Crippen LogP contribution in [0.25, 0.3) is 33.1 Å². The lowest BCUT2D eigenvalue weighted by Crippen LogP contribution is -2.19. The van der Waals surface area contributed by atoms with Gasteiger partial charge in [0, 0.05) is 32.9 Å². The average Bonchev–Trinajstić information content (AvgIpc) is 2.90. The lowest BCUT2D eigenvalue weighted by atomic mass is 10.0. The Morgan fingerprint density at radius 3 is 2.18 bits per heavy atom. The van der Waals surface area contributed by atoms with Gasteiger partial charge in [-0.1, -0.05) is 15.9 Å². The Morgan fingerprint density at radius 2 is 1.46 bits per heavy atom. The van der Waals surface area contributed by atoms with Crippen molar-refractivity contribution in [1.29, 1.82) is 0 Å². The highest BCUT2D eigenvalue weighted by Crippen LogP contribution is 2.31. The molecular weight excluding hydrogens is 599 g/mol. The van der Waals surface area contributed by atoms with Crippen LogP contribution >= 0.6 is 15.9 Å². The summed E-state index contributed by atoms with van der Waals surface area (Å²) in [6.07, 6.45) is 0. The number of ether oxygens (including phenoxy) is 2. The largest absolute Gasteiger partial charge is 0.476 e. The van der Waals surface area contributed by atoms with Crippen LogP contribution in [-0.2, 0) is 4.79 Å². The first-order valence-corrected chi connectivity index (χ1v) is 11.5. The molecule has 3 aromatic carbocycles. The van der Waals surface area contributed by atoms with E-state index in [9.17, 15) is 36.3 Å². The molecule has 0 radical (unpaired) electrons. The number of hydrogen-bond acceptors (Lipinski definition) is 7. The van der Waals surface area contributed by atoms with E-state index in [1.165, 1.54) is 18.2 Å². The van der Waals surface area contributed by atoms with E-state index in [0.717, 1.165) is 16.6 Å². The molecule has 0 saturated carbocycles. The van der Waals surface area contributed by atoms with Crippen molar-refractivity contribution >= 4 is 43.8 Å². The summed E-state index contributed by atoms with van der Waals surface area (Å²) < 4.78 is 87.9. The van der Waals surface area contributed by atoms with Crippen molar-refractivity contribution in [1.82, 2.24) is 0 Å². The Balaban J connectivity index is 1.44. The van der Waals surface area contributed by atoms with Crippen molar-refractivity contribution in [2.75, 3.05) is 6.61 Å². The minimum Gasteiger partial charge on any atom is -0.476 e. The number of fused-ring (bicyclic) bond motifs is 2. The molecule has 0 N–H and O–H groups in total. The van der Waals surface area contributed by atoms with Gasteiger partial charge in [0.25, 0.3) is 0 Å². The Kier molecular flexibility index (Phi) is 6.68. The molecule has 0 saturated heterocycles. The summed E-state index contributed by atoms with van der Waals surface area (Å²) in [4.78, 5) is 37.0. The third kappa shape index (κ3) is 4.88. The van der Waals surface area contributed by atoms with E-state index in [1.54, 1.807) is 18.2 Å². The van der Waals surface area contributed by atoms with Gasteiger partial charge in [-0.2, -0.15) is 8.78 Å². The first-order chi connectivity index (χ1) is 18.5. The fraction of sp³-hybridized carbons (Fsp3) is 0.0385. The molecule has 2 heterocycles. The van der Waals surface area contributed by atoms with Crippen molar-refractivity contribution in [3.63, 3.8) is 0 Å². The van der Waals surface area contributed by atoms with E-state index < -0.39 is 58.7 Å². The molecule has 7 nitrogen and oxygen atoms in total. The normalized spacial score (nSPS) is 11.2. The average molecular weight is 609 g/mol. The van der Waals surface area contributed by atoms with E-state index >= 15 is 0 Å². The van der Waals surface area contributed by atoms with Crippen LogP contribution in [-0.4, -0.2) is 12.6 Å². The molecule has 5 rings (SSSR count). The summed E-state index contributed by atoms with van der Waals surface area (Å²) in [7, 11) is 0. The summed E-state index contributed by atoms with van der Waals surface area (Å²) in [5.41, 5.74) is -1.12. The monoisotopic (exact) mass is 608 g/mol. The number of esters is 1. The Hall–Kier alpha value is -4.52. The molecule has 0 fully saturated rings. The smallest absolute Gasteiger partial charge is 0.349 e. The molecule has 13 heteroatoms. The van der Waals surface area contributed by atoms with Gasteiger partial charge in [0.15, 0.2) is 12.4 Å².